The highest BCUT2D eigenvalue weighted by Gasteiger charge is 2.32. The third kappa shape index (κ3) is 7.28. The molecule has 0 heterocycles. The number of sulfonamides is 1. The number of halogens is 1. The van der Waals surface area contributed by atoms with Crippen LogP contribution in [0.2, 0.25) is 0 Å². The lowest BCUT2D eigenvalue weighted by Gasteiger charge is -2.33. The summed E-state index contributed by atoms with van der Waals surface area (Å²) in [5.41, 5.74) is 1.73. The maximum atomic E-state index is 13.6. The number of rotatable bonds is 11. The highest BCUT2D eigenvalue weighted by atomic mass is 32.2. The third-order valence-electron chi connectivity index (χ3n) is 5.72. The van der Waals surface area contributed by atoms with Gasteiger partial charge in [0.25, 0.3) is 0 Å². The molecule has 0 aromatic heterocycles. The van der Waals surface area contributed by atoms with E-state index in [4.69, 9.17) is 0 Å². The van der Waals surface area contributed by atoms with Crippen LogP contribution >= 0.6 is 0 Å². The molecule has 7 nitrogen and oxygen atoms in total. The number of para-hydroxylation sites is 1. The third-order valence-corrected chi connectivity index (χ3v) is 6.84. The number of carbonyl (C=O) groups is 2. The molecule has 2 aromatic rings. The predicted octanol–water partition coefficient (Wildman–Crippen LogP) is 3.62. The van der Waals surface area contributed by atoms with Crippen molar-refractivity contribution in [3.05, 3.63) is 65.5 Å². The van der Waals surface area contributed by atoms with Crippen LogP contribution in [0, 0.1) is 12.7 Å². The first-order valence-electron chi connectivity index (χ1n) is 11.4. The molecular formula is C25H34FN3O4S. The van der Waals surface area contributed by atoms with Crippen LogP contribution in [-0.4, -0.2) is 50.0 Å². The normalized spacial score (nSPS) is 13.1. The van der Waals surface area contributed by atoms with Crippen LogP contribution in [-0.2, 0) is 26.2 Å². The highest BCUT2D eigenvalue weighted by Crippen LogP contribution is 2.23. The second-order valence-corrected chi connectivity index (χ2v) is 10.4. The minimum atomic E-state index is -3.79. The summed E-state index contributed by atoms with van der Waals surface area (Å²) in [6.45, 7) is 6.96. The summed E-state index contributed by atoms with van der Waals surface area (Å²) in [4.78, 5) is 28.0. The minimum Gasteiger partial charge on any atom is -0.352 e. The summed E-state index contributed by atoms with van der Waals surface area (Å²) in [5.74, 6) is -1.25. The lowest BCUT2D eigenvalue weighted by atomic mass is 10.1. The first-order chi connectivity index (χ1) is 16.0. The van der Waals surface area contributed by atoms with Gasteiger partial charge in [-0.3, -0.25) is 13.9 Å². The van der Waals surface area contributed by atoms with Gasteiger partial charge in [0.05, 0.1) is 11.9 Å². The Hall–Kier alpha value is -2.94. The van der Waals surface area contributed by atoms with Crippen molar-refractivity contribution in [1.29, 1.82) is 0 Å². The van der Waals surface area contributed by atoms with E-state index in [0.29, 0.717) is 23.2 Å². The molecule has 0 radical (unpaired) electrons. The van der Waals surface area contributed by atoms with E-state index in [1.165, 1.54) is 17.0 Å². The van der Waals surface area contributed by atoms with E-state index in [2.05, 4.69) is 5.32 Å². The molecule has 9 heteroatoms. The van der Waals surface area contributed by atoms with Gasteiger partial charge in [0.1, 0.15) is 18.4 Å². The second-order valence-electron chi connectivity index (χ2n) is 8.45. The van der Waals surface area contributed by atoms with Crippen molar-refractivity contribution in [3.8, 4) is 0 Å². The maximum Gasteiger partial charge on any atom is 0.244 e. The van der Waals surface area contributed by atoms with E-state index in [0.717, 1.165) is 17.0 Å². The van der Waals surface area contributed by atoms with Crippen LogP contribution in [0.5, 0.6) is 0 Å². The van der Waals surface area contributed by atoms with E-state index >= 15 is 0 Å². The summed E-state index contributed by atoms with van der Waals surface area (Å²) in [5, 5.41) is 2.91. The van der Waals surface area contributed by atoms with Gasteiger partial charge < -0.3 is 10.2 Å². The fourth-order valence-electron chi connectivity index (χ4n) is 3.59. The topological polar surface area (TPSA) is 86.8 Å². The van der Waals surface area contributed by atoms with Gasteiger partial charge in [-0.25, -0.2) is 12.8 Å². The van der Waals surface area contributed by atoms with E-state index < -0.39 is 34.3 Å². The van der Waals surface area contributed by atoms with Crippen LogP contribution in [0.1, 0.15) is 44.7 Å². The lowest BCUT2D eigenvalue weighted by Crippen LogP contribution is -2.53. The molecule has 1 N–H and O–H groups in total. The Morgan fingerprint density at radius 1 is 1.03 bits per heavy atom. The zero-order valence-corrected chi connectivity index (χ0v) is 21.2. The summed E-state index contributed by atoms with van der Waals surface area (Å²) < 4.78 is 39.7. The quantitative estimate of drug-likeness (QED) is 0.520. The van der Waals surface area contributed by atoms with Crippen molar-refractivity contribution in [2.75, 3.05) is 17.1 Å². The molecule has 2 atom stereocenters. The Bertz CT molecular complexity index is 1090. The van der Waals surface area contributed by atoms with E-state index in [-0.39, 0.29) is 18.5 Å². The Labute approximate surface area is 202 Å². The molecule has 2 aromatic carbocycles. The number of carbonyl (C=O) groups excluding carboxylic acids is 2. The Morgan fingerprint density at radius 2 is 1.65 bits per heavy atom. The van der Waals surface area contributed by atoms with Gasteiger partial charge in [-0.2, -0.15) is 0 Å². The molecule has 0 saturated heterocycles. The van der Waals surface area contributed by atoms with Crippen molar-refractivity contribution in [3.63, 3.8) is 0 Å². The number of benzene rings is 2. The van der Waals surface area contributed by atoms with E-state index in [9.17, 15) is 22.4 Å². The van der Waals surface area contributed by atoms with Gasteiger partial charge in [0, 0.05) is 12.6 Å². The van der Waals surface area contributed by atoms with Crippen molar-refractivity contribution in [1.82, 2.24) is 10.2 Å². The molecule has 0 fully saturated rings. The number of hydrogen-bond donors (Lipinski definition) is 1. The molecule has 0 bridgehead atoms. The summed E-state index contributed by atoms with van der Waals surface area (Å²) >= 11 is 0. The van der Waals surface area contributed by atoms with Gasteiger partial charge in [0.15, 0.2) is 0 Å². The van der Waals surface area contributed by atoms with Gasteiger partial charge in [0.2, 0.25) is 21.8 Å². The molecule has 0 aliphatic rings. The number of hydrogen-bond acceptors (Lipinski definition) is 4. The molecule has 34 heavy (non-hydrogen) atoms. The fraction of sp³-hybridized carbons (Fsp3) is 0.440. The average Bonchev–Trinajstić information content (AvgIpc) is 2.78. The molecule has 186 valence electrons. The van der Waals surface area contributed by atoms with Crippen LogP contribution < -0.4 is 9.62 Å². The van der Waals surface area contributed by atoms with E-state index in [1.807, 2.05) is 13.8 Å². The fourth-order valence-corrected chi connectivity index (χ4v) is 4.49. The number of nitrogens with one attached hydrogen (secondary N) is 1. The van der Waals surface area contributed by atoms with Crippen LogP contribution in [0.4, 0.5) is 10.1 Å². The molecule has 0 spiro atoms. The minimum absolute atomic E-state index is 0.0386. The highest BCUT2D eigenvalue weighted by molar-refractivity contribution is 7.92. The monoisotopic (exact) mass is 491 g/mol. The predicted molar refractivity (Wildman–Crippen MR) is 132 cm³/mol. The van der Waals surface area contributed by atoms with Gasteiger partial charge in [-0.1, -0.05) is 44.2 Å². The van der Waals surface area contributed by atoms with Gasteiger partial charge in [-0.05, 0) is 56.0 Å². The number of anilines is 1. The van der Waals surface area contributed by atoms with Crippen LogP contribution in [0.15, 0.2) is 48.5 Å². The summed E-state index contributed by atoms with van der Waals surface area (Å²) in [7, 11) is -3.79. The lowest BCUT2D eigenvalue weighted by molar-refractivity contribution is -0.140. The first-order valence-corrected chi connectivity index (χ1v) is 13.2. The molecule has 0 unspecified atom stereocenters. The van der Waals surface area contributed by atoms with Crippen molar-refractivity contribution in [2.45, 2.75) is 59.2 Å². The standard InChI is InChI=1S/C25H34FN3O4S/c1-6-19(4)27-25(31)22(7-2)28(16-20-12-14-21(26)15-13-20)24(30)17-29(34(5,32)33)23-11-9-8-10-18(23)3/h8-15,19,22H,6-7,16-17H2,1-5H3,(H,27,31)/t19-,22+/m0/s1. The average molecular weight is 492 g/mol. The SMILES string of the molecule is CC[C@H](C(=O)N[C@@H](C)CC)N(Cc1ccc(F)cc1)C(=O)CN(c1ccccc1C)S(C)(=O)=O. The summed E-state index contributed by atoms with van der Waals surface area (Å²) in [6, 6.07) is 11.7. The maximum absolute atomic E-state index is 13.6. The Balaban J connectivity index is 2.44. The Kier molecular flexibility index (Phi) is 9.61. The Morgan fingerprint density at radius 3 is 2.18 bits per heavy atom. The number of aryl methyl sites for hydroxylation is 1. The second kappa shape index (κ2) is 12.0. The molecule has 2 amide bonds. The molecular weight excluding hydrogens is 457 g/mol. The molecule has 2 rings (SSSR count). The molecule has 0 aliphatic heterocycles. The number of amides is 2. The zero-order valence-electron chi connectivity index (χ0n) is 20.4. The van der Waals surface area contributed by atoms with E-state index in [1.54, 1.807) is 50.2 Å². The molecule has 0 aliphatic carbocycles. The summed E-state index contributed by atoms with van der Waals surface area (Å²) in [6.07, 6.45) is 2.10. The molecule has 0 saturated carbocycles. The van der Waals surface area contributed by atoms with Crippen molar-refractivity contribution >= 4 is 27.5 Å². The van der Waals surface area contributed by atoms with Crippen molar-refractivity contribution in [2.24, 2.45) is 0 Å². The van der Waals surface area contributed by atoms with Crippen molar-refractivity contribution < 1.29 is 22.4 Å². The van der Waals surface area contributed by atoms with Gasteiger partial charge in [-0.15, -0.1) is 0 Å². The largest absolute Gasteiger partial charge is 0.352 e. The van der Waals surface area contributed by atoms with Crippen LogP contribution in [0.25, 0.3) is 0 Å². The smallest absolute Gasteiger partial charge is 0.244 e. The van der Waals surface area contributed by atoms with Crippen LogP contribution in [0.3, 0.4) is 0 Å². The first kappa shape index (κ1) is 27.3. The van der Waals surface area contributed by atoms with Gasteiger partial charge >= 0.3 is 0 Å². The number of nitrogens with zero attached hydrogens (tertiary/aromatic N) is 2. The zero-order chi connectivity index (χ0) is 25.5.